The monoisotopic (exact) mass is 180 g/mol. The van der Waals surface area contributed by atoms with Crippen LogP contribution in [-0.4, -0.2) is 0 Å². The fourth-order valence-electron chi connectivity index (χ4n) is 3.49. The quantitative estimate of drug-likeness (QED) is 0.593. The van der Waals surface area contributed by atoms with E-state index in [4.69, 9.17) is 0 Å². The maximum atomic E-state index is 2.39. The van der Waals surface area contributed by atoms with Gasteiger partial charge in [-0.15, -0.1) is 0 Å². The zero-order chi connectivity index (χ0) is 9.69. The Balaban J connectivity index is 1.86. The zero-order valence-corrected chi connectivity index (χ0v) is 9.69. The molecule has 0 aromatic rings. The molecule has 0 nitrogen and oxygen atoms in total. The summed E-state index contributed by atoms with van der Waals surface area (Å²) in [6, 6.07) is 0. The molecule has 1 atom stereocenters. The highest BCUT2D eigenvalue weighted by Gasteiger charge is 2.80. The van der Waals surface area contributed by atoms with Crippen molar-refractivity contribution in [2.24, 2.45) is 22.7 Å². The minimum Gasteiger partial charge on any atom is -0.0651 e. The highest BCUT2D eigenvalue weighted by Crippen LogP contribution is 2.89. The van der Waals surface area contributed by atoms with Gasteiger partial charge in [0.15, 0.2) is 0 Å². The molecule has 2 aliphatic carbocycles. The first-order chi connectivity index (χ1) is 6.09. The van der Waals surface area contributed by atoms with E-state index in [1.165, 1.54) is 19.3 Å². The standard InChI is InChI=1S/C13H24/c1-5-11(10(3)4)7-13-8-12(13,6-2)9-13/h10-11H,5-9H2,1-4H3. The molecule has 0 N–H and O–H groups in total. The summed E-state index contributed by atoms with van der Waals surface area (Å²) in [5.41, 5.74) is 1.74. The van der Waals surface area contributed by atoms with Crippen molar-refractivity contribution in [2.75, 3.05) is 0 Å². The molecule has 2 saturated carbocycles. The van der Waals surface area contributed by atoms with Gasteiger partial charge in [0.05, 0.1) is 0 Å². The smallest absolute Gasteiger partial charge is 0.0227 e. The van der Waals surface area contributed by atoms with Crippen LogP contribution < -0.4 is 0 Å². The van der Waals surface area contributed by atoms with Gasteiger partial charge in [0.25, 0.3) is 0 Å². The lowest BCUT2D eigenvalue weighted by Gasteiger charge is -2.20. The normalized spacial score (nSPS) is 43.2. The van der Waals surface area contributed by atoms with E-state index >= 15 is 0 Å². The molecular weight excluding hydrogens is 156 g/mol. The van der Waals surface area contributed by atoms with Gasteiger partial charge in [-0.25, -0.2) is 0 Å². The molecule has 2 aliphatic rings. The van der Waals surface area contributed by atoms with Gasteiger partial charge >= 0.3 is 0 Å². The molecule has 0 amide bonds. The van der Waals surface area contributed by atoms with Gasteiger partial charge in [0, 0.05) is 0 Å². The molecule has 0 aromatic heterocycles. The van der Waals surface area contributed by atoms with Crippen molar-refractivity contribution in [1.29, 1.82) is 0 Å². The number of fused-ring (bicyclic) bond motifs is 1. The first kappa shape index (κ1) is 9.55. The van der Waals surface area contributed by atoms with Crippen molar-refractivity contribution in [3.8, 4) is 0 Å². The second kappa shape index (κ2) is 2.74. The van der Waals surface area contributed by atoms with E-state index in [2.05, 4.69) is 27.7 Å². The molecule has 0 aromatic carbocycles. The molecule has 0 aliphatic heterocycles. The van der Waals surface area contributed by atoms with Crippen LogP contribution in [0, 0.1) is 22.7 Å². The molecule has 0 bridgehead atoms. The summed E-state index contributed by atoms with van der Waals surface area (Å²) >= 11 is 0. The maximum absolute atomic E-state index is 2.39. The Kier molecular flexibility index (Phi) is 2.02. The average Bonchev–Trinajstić information content (AvgIpc) is 2.85. The van der Waals surface area contributed by atoms with E-state index < -0.39 is 0 Å². The molecular formula is C13H24. The third-order valence-electron chi connectivity index (χ3n) is 5.03. The van der Waals surface area contributed by atoms with Crippen LogP contribution in [0.2, 0.25) is 0 Å². The van der Waals surface area contributed by atoms with E-state index in [1.807, 2.05) is 0 Å². The average molecular weight is 180 g/mol. The Morgan fingerprint density at radius 3 is 2.00 bits per heavy atom. The summed E-state index contributed by atoms with van der Waals surface area (Å²) in [5, 5.41) is 0. The lowest BCUT2D eigenvalue weighted by Crippen LogP contribution is -2.10. The van der Waals surface area contributed by atoms with Crippen molar-refractivity contribution in [2.45, 2.75) is 59.8 Å². The van der Waals surface area contributed by atoms with E-state index in [1.54, 1.807) is 12.8 Å². The second-order valence-corrected chi connectivity index (χ2v) is 5.88. The van der Waals surface area contributed by atoms with Crippen LogP contribution in [0.4, 0.5) is 0 Å². The Morgan fingerprint density at radius 2 is 1.69 bits per heavy atom. The van der Waals surface area contributed by atoms with E-state index in [-0.39, 0.29) is 0 Å². The zero-order valence-electron chi connectivity index (χ0n) is 9.69. The van der Waals surface area contributed by atoms with Gasteiger partial charge in [-0.3, -0.25) is 0 Å². The lowest BCUT2D eigenvalue weighted by molar-refractivity contribution is 0.307. The molecule has 2 fully saturated rings. The predicted octanol–water partition coefficient (Wildman–Crippen LogP) is 4.25. The molecule has 2 rings (SSSR count). The molecule has 76 valence electrons. The van der Waals surface area contributed by atoms with Crippen molar-refractivity contribution in [3.05, 3.63) is 0 Å². The first-order valence-electron chi connectivity index (χ1n) is 6.09. The highest BCUT2D eigenvalue weighted by atomic mass is 14.8. The Bertz CT molecular complexity index is 196. The summed E-state index contributed by atoms with van der Waals surface area (Å²) in [7, 11) is 0. The van der Waals surface area contributed by atoms with Gasteiger partial charge in [-0.05, 0) is 48.3 Å². The summed E-state index contributed by atoms with van der Waals surface area (Å²) in [4.78, 5) is 0. The second-order valence-electron chi connectivity index (χ2n) is 5.88. The predicted molar refractivity (Wildman–Crippen MR) is 57.6 cm³/mol. The van der Waals surface area contributed by atoms with Crippen molar-refractivity contribution in [3.63, 3.8) is 0 Å². The lowest BCUT2D eigenvalue weighted by atomic mass is 9.86. The van der Waals surface area contributed by atoms with E-state index in [0.717, 1.165) is 22.7 Å². The third-order valence-corrected chi connectivity index (χ3v) is 5.03. The van der Waals surface area contributed by atoms with Gasteiger partial charge in [-0.2, -0.15) is 0 Å². The first-order valence-corrected chi connectivity index (χ1v) is 6.09. The Labute approximate surface area is 83.1 Å². The summed E-state index contributed by atoms with van der Waals surface area (Å²) in [5.74, 6) is 1.89. The molecule has 0 heteroatoms. The van der Waals surface area contributed by atoms with Crippen molar-refractivity contribution < 1.29 is 0 Å². The minimum atomic E-state index is 0.868. The van der Waals surface area contributed by atoms with Gasteiger partial charge < -0.3 is 0 Å². The Morgan fingerprint density at radius 1 is 1.08 bits per heavy atom. The molecule has 0 spiro atoms. The Hall–Kier alpha value is 0. The van der Waals surface area contributed by atoms with Crippen LogP contribution in [0.15, 0.2) is 0 Å². The minimum absolute atomic E-state index is 0.868. The molecule has 0 saturated heterocycles. The van der Waals surface area contributed by atoms with Crippen LogP contribution >= 0.6 is 0 Å². The van der Waals surface area contributed by atoms with Crippen LogP contribution in [0.1, 0.15) is 59.8 Å². The summed E-state index contributed by atoms with van der Waals surface area (Å²) in [6.45, 7) is 9.52. The number of hydrogen-bond acceptors (Lipinski definition) is 0. The van der Waals surface area contributed by atoms with Crippen LogP contribution in [0.3, 0.4) is 0 Å². The fraction of sp³-hybridized carbons (Fsp3) is 1.00. The molecule has 0 heterocycles. The highest BCUT2D eigenvalue weighted by molar-refractivity contribution is 5.30. The maximum Gasteiger partial charge on any atom is -0.0227 e. The van der Waals surface area contributed by atoms with E-state index in [0.29, 0.717) is 0 Å². The largest absolute Gasteiger partial charge is 0.0651 e. The van der Waals surface area contributed by atoms with Crippen molar-refractivity contribution >= 4 is 0 Å². The third kappa shape index (κ3) is 1.25. The van der Waals surface area contributed by atoms with Crippen LogP contribution in [0.5, 0.6) is 0 Å². The van der Waals surface area contributed by atoms with Crippen LogP contribution in [-0.2, 0) is 0 Å². The van der Waals surface area contributed by atoms with E-state index in [9.17, 15) is 0 Å². The molecule has 1 unspecified atom stereocenters. The summed E-state index contributed by atoms with van der Waals surface area (Å²) in [6.07, 6.45) is 7.51. The SMILES string of the molecule is CCC(CC12CC1(CC)C2)C(C)C. The van der Waals surface area contributed by atoms with Gasteiger partial charge in [0.2, 0.25) is 0 Å². The van der Waals surface area contributed by atoms with Crippen molar-refractivity contribution in [1.82, 2.24) is 0 Å². The molecule has 13 heavy (non-hydrogen) atoms. The van der Waals surface area contributed by atoms with Crippen LogP contribution in [0.25, 0.3) is 0 Å². The number of hydrogen-bond donors (Lipinski definition) is 0. The molecule has 0 radical (unpaired) electrons. The topological polar surface area (TPSA) is 0 Å². The fourth-order valence-corrected chi connectivity index (χ4v) is 3.49. The summed E-state index contributed by atoms with van der Waals surface area (Å²) < 4.78 is 0. The number of rotatable bonds is 5. The van der Waals surface area contributed by atoms with Gasteiger partial charge in [0.1, 0.15) is 0 Å². The van der Waals surface area contributed by atoms with Gasteiger partial charge in [-0.1, -0.05) is 34.1 Å².